The zero-order valence-electron chi connectivity index (χ0n) is 16.1. The van der Waals surface area contributed by atoms with E-state index < -0.39 is 0 Å². The summed E-state index contributed by atoms with van der Waals surface area (Å²) in [7, 11) is 1.76. The Bertz CT molecular complexity index is 630. The van der Waals surface area contributed by atoms with Crippen molar-refractivity contribution in [3.63, 3.8) is 0 Å². The summed E-state index contributed by atoms with van der Waals surface area (Å²) in [6.45, 7) is 5.90. The Kier molecular flexibility index (Phi) is 7.63. The number of carbonyl (C=O) groups is 1. The summed E-state index contributed by atoms with van der Waals surface area (Å²) in [6, 6.07) is 8.11. The van der Waals surface area contributed by atoms with Crippen LogP contribution < -0.4 is 20.7 Å². The Balaban J connectivity index is 1.78. The molecule has 0 aromatic heterocycles. The first-order chi connectivity index (χ1) is 12.4. The minimum absolute atomic E-state index is 0.0559. The largest absolute Gasteiger partial charge is 0.484 e. The van der Waals surface area contributed by atoms with Crippen LogP contribution >= 0.6 is 11.8 Å². The van der Waals surface area contributed by atoms with E-state index in [1.807, 2.05) is 36.0 Å². The van der Waals surface area contributed by atoms with Gasteiger partial charge in [0, 0.05) is 30.9 Å². The molecule has 6 nitrogen and oxygen atoms in total. The summed E-state index contributed by atoms with van der Waals surface area (Å²) in [5.41, 5.74) is 1.07. The Morgan fingerprint density at radius 1 is 1.35 bits per heavy atom. The normalized spacial score (nSPS) is 14.7. The molecule has 144 valence electrons. The summed E-state index contributed by atoms with van der Waals surface area (Å²) >= 11 is 1.82. The predicted octanol–water partition coefficient (Wildman–Crippen LogP) is 2.15. The first-order valence-corrected chi connectivity index (χ1v) is 10.1. The van der Waals surface area contributed by atoms with E-state index in [-0.39, 0.29) is 17.3 Å². The van der Waals surface area contributed by atoms with Gasteiger partial charge in [0.25, 0.3) is 5.91 Å². The van der Waals surface area contributed by atoms with Gasteiger partial charge >= 0.3 is 0 Å². The van der Waals surface area contributed by atoms with Gasteiger partial charge in [0.15, 0.2) is 12.6 Å². The lowest BCUT2D eigenvalue weighted by atomic mass is 10.2. The SMILES string of the molecule is CN=C(NCc1cccc(OCC(=O)NC2CC2)c1)NCC(C)(C)SC. The molecular formula is C19H30N4O2S. The number of aliphatic imine (C=N–C) groups is 1. The zero-order valence-corrected chi connectivity index (χ0v) is 16.9. The fourth-order valence-electron chi connectivity index (χ4n) is 2.17. The molecular weight excluding hydrogens is 348 g/mol. The van der Waals surface area contributed by atoms with Gasteiger partial charge < -0.3 is 20.7 Å². The molecule has 1 aliphatic rings. The zero-order chi connectivity index (χ0) is 19.0. The Morgan fingerprint density at radius 3 is 2.77 bits per heavy atom. The molecule has 1 fully saturated rings. The molecule has 1 aromatic carbocycles. The van der Waals surface area contributed by atoms with Crippen molar-refractivity contribution in [2.45, 2.75) is 44.0 Å². The van der Waals surface area contributed by atoms with Crippen LogP contribution in [0.2, 0.25) is 0 Å². The highest BCUT2D eigenvalue weighted by Gasteiger charge is 2.23. The van der Waals surface area contributed by atoms with Gasteiger partial charge in [0.1, 0.15) is 5.75 Å². The van der Waals surface area contributed by atoms with Crippen LogP contribution in [0, 0.1) is 0 Å². The molecule has 1 aromatic rings. The molecule has 3 N–H and O–H groups in total. The Labute approximate surface area is 160 Å². The number of hydrogen-bond acceptors (Lipinski definition) is 4. The summed E-state index contributed by atoms with van der Waals surface area (Å²) in [4.78, 5) is 16.0. The Hall–Kier alpha value is -1.89. The van der Waals surface area contributed by atoms with Crippen molar-refractivity contribution >= 4 is 23.6 Å². The average molecular weight is 379 g/mol. The van der Waals surface area contributed by atoms with E-state index in [1.165, 1.54) is 0 Å². The van der Waals surface area contributed by atoms with Crippen LogP contribution in [0.4, 0.5) is 0 Å². The summed E-state index contributed by atoms with van der Waals surface area (Å²) in [5, 5.41) is 9.56. The fourth-order valence-corrected chi connectivity index (χ4v) is 2.38. The highest BCUT2D eigenvalue weighted by atomic mass is 32.2. The number of nitrogens with zero attached hydrogens (tertiary/aromatic N) is 1. The topological polar surface area (TPSA) is 74.8 Å². The van der Waals surface area contributed by atoms with Gasteiger partial charge in [-0.05, 0) is 50.6 Å². The van der Waals surface area contributed by atoms with Gasteiger partial charge in [0.2, 0.25) is 0 Å². The molecule has 0 atom stereocenters. The number of nitrogens with one attached hydrogen (secondary N) is 3. The maximum atomic E-state index is 11.7. The smallest absolute Gasteiger partial charge is 0.258 e. The molecule has 2 rings (SSSR count). The van der Waals surface area contributed by atoms with Crippen molar-refractivity contribution in [1.29, 1.82) is 0 Å². The van der Waals surface area contributed by atoms with Crippen molar-refractivity contribution in [1.82, 2.24) is 16.0 Å². The van der Waals surface area contributed by atoms with Crippen LogP contribution in [0.1, 0.15) is 32.3 Å². The molecule has 7 heteroatoms. The highest BCUT2D eigenvalue weighted by molar-refractivity contribution is 7.99. The maximum absolute atomic E-state index is 11.7. The molecule has 0 aliphatic heterocycles. The predicted molar refractivity (Wildman–Crippen MR) is 109 cm³/mol. The molecule has 0 bridgehead atoms. The lowest BCUT2D eigenvalue weighted by Gasteiger charge is -2.23. The van der Waals surface area contributed by atoms with E-state index in [0.29, 0.717) is 18.3 Å². The number of ether oxygens (including phenoxy) is 1. The van der Waals surface area contributed by atoms with E-state index in [9.17, 15) is 4.79 Å². The molecule has 1 saturated carbocycles. The number of amides is 1. The van der Waals surface area contributed by atoms with E-state index in [4.69, 9.17) is 4.74 Å². The minimum Gasteiger partial charge on any atom is -0.484 e. The second-order valence-corrected chi connectivity index (χ2v) is 8.53. The van der Waals surface area contributed by atoms with Gasteiger partial charge in [-0.25, -0.2) is 0 Å². The molecule has 1 aliphatic carbocycles. The van der Waals surface area contributed by atoms with Crippen LogP contribution in [-0.4, -0.2) is 49.1 Å². The Morgan fingerprint density at radius 2 is 2.12 bits per heavy atom. The lowest BCUT2D eigenvalue weighted by molar-refractivity contribution is -0.123. The van der Waals surface area contributed by atoms with Gasteiger partial charge in [0.05, 0.1) is 0 Å². The standard InChI is InChI=1S/C19H30N4O2S/c1-19(2,26-4)13-22-18(20-3)21-11-14-6-5-7-16(10-14)25-12-17(24)23-15-8-9-15/h5-7,10,15H,8-9,11-13H2,1-4H3,(H,23,24)(H2,20,21,22). The first kappa shape index (κ1) is 20.4. The summed E-state index contributed by atoms with van der Waals surface area (Å²) in [5.74, 6) is 1.40. The van der Waals surface area contributed by atoms with Crippen LogP contribution in [0.5, 0.6) is 5.75 Å². The van der Waals surface area contributed by atoms with Crippen LogP contribution in [0.25, 0.3) is 0 Å². The number of rotatable bonds is 9. The lowest BCUT2D eigenvalue weighted by Crippen LogP contribution is -2.42. The third kappa shape index (κ3) is 7.56. The van der Waals surface area contributed by atoms with Gasteiger partial charge in [-0.3, -0.25) is 9.79 Å². The second kappa shape index (κ2) is 9.71. The average Bonchev–Trinajstić information content (AvgIpc) is 3.44. The number of carbonyl (C=O) groups excluding carboxylic acids is 1. The van der Waals surface area contributed by atoms with Crippen LogP contribution in [0.3, 0.4) is 0 Å². The van der Waals surface area contributed by atoms with E-state index in [2.05, 4.69) is 41.0 Å². The van der Waals surface area contributed by atoms with E-state index in [1.54, 1.807) is 7.05 Å². The minimum atomic E-state index is -0.0583. The number of benzene rings is 1. The van der Waals surface area contributed by atoms with Crippen LogP contribution in [0.15, 0.2) is 29.3 Å². The second-order valence-electron chi connectivity index (χ2n) is 7.02. The summed E-state index contributed by atoms with van der Waals surface area (Å²) < 4.78 is 5.73. The first-order valence-electron chi connectivity index (χ1n) is 8.92. The van der Waals surface area contributed by atoms with E-state index >= 15 is 0 Å². The molecule has 26 heavy (non-hydrogen) atoms. The third-order valence-electron chi connectivity index (χ3n) is 4.13. The quantitative estimate of drug-likeness (QED) is 0.454. The van der Waals surface area contributed by atoms with Gasteiger partial charge in [-0.1, -0.05) is 12.1 Å². The third-order valence-corrected chi connectivity index (χ3v) is 5.38. The van der Waals surface area contributed by atoms with Crippen LogP contribution in [-0.2, 0) is 11.3 Å². The number of hydrogen-bond donors (Lipinski definition) is 3. The van der Waals surface area contributed by atoms with Gasteiger partial charge in [-0.15, -0.1) is 0 Å². The maximum Gasteiger partial charge on any atom is 0.258 e. The van der Waals surface area contributed by atoms with Crippen molar-refractivity contribution in [2.75, 3.05) is 26.5 Å². The fraction of sp³-hybridized carbons (Fsp3) is 0.579. The molecule has 0 unspecified atom stereocenters. The summed E-state index contributed by atoms with van der Waals surface area (Å²) in [6.07, 6.45) is 4.26. The molecule has 1 amide bonds. The van der Waals surface area contributed by atoms with Crippen molar-refractivity contribution in [3.05, 3.63) is 29.8 Å². The number of thioether (sulfide) groups is 1. The highest BCUT2D eigenvalue weighted by Crippen LogP contribution is 2.20. The molecule has 0 heterocycles. The van der Waals surface area contributed by atoms with E-state index in [0.717, 1.165) is 30.9 Å². The van der Waals surface area contributed by atoms with Crippen molar-refractivity contribution in [3.8, 4) is 5.75 Å². The molecule has 0 spiro atoms. The van der Waals surface area contributed by atoms with Crippen molar-refractivity contribution in [2.24, 2.45) is 4.99 Å². The number of guanidine groups is 1. The monoisotopic (exact) mass is 378 g/mol. The molecule has 0 radical (unpaired) electrons. The van der Waals surface area contributed by atoms with Gasteiger partial charge in [-0.2, -0.15) is 11.8 Å². The van der Waals surface area contributed by atoms with Crippen molar-refractivity contribution < 1.29 is 9.53 Å². The molecule has 0 saturated heterocycles.